The summed E-state index contributed by atoms with van der Waals surface area (Å²) in [6.07, 6.45) is 5.24. The van der Waals surface area contributed by atoms with Gasteiger partial charge in [0.2, 0.25) is 0 Å². The van der Waals surface area contributed by atoms with Crippen molar-refractivity contribution in [2.75, 3.05) is 26.7 Å². The Labute approximate surface area is 178 Å². The Morgan fingerprint density at radius 2 is 1.83 bits per heavy atom. The molecule has 0 aliphatic heterocycles. The number of amides is 1. The molecule has 0 heterocycles. The first-order valence-electron chi connectivity index (χ1n) is 10.3. The Morgan fingerprint density at radius 3 is 2.43 bits per heavy atom. The van der Waals surface area contributed by atoms with E-state index < -0.39 is 24.1 Å². The number of nitrogens with two attached hydrogens (primary N) is 3. The van der Waals surface area contributed by atoms with Crippen molar-refractivity contribution in [2.45, 2.75) is 64.0 Å². The molecular weight excluding hydrogens is 392 g/mol. The number of nitrogens with zero attached hydrogens (tertiary/aromatic N) is 1. The molecule has 0 saturated heterocycles. The number of hydrazine groups is 1. The molecule has 0 radical (unpaired) electrons. The number of unbranched alkanes of at least 4 members (excludes halogenated alkanes) is 2. The molecule has 0 aromatic carbocycles. The molecule has 11 nitrogen and oxygen atoms in total. The van der Waals surface area contributed by atoms with Crippen LogP contribution in [0.25, 0.3) is 0 Å². The van der Waals surface area contributed by atoms with Crippen LogP contribution in [0.2, 0.25) is 0 Å². The van der Waals surface area contributed by atoms with Crippen LogP contribution in [0.1, 0.15) is 51.9 Å². The molecule has 1 amide bonds. The summed E-state index contributed by atoms with van der Waals surface area (Å²) >= 11 is 0. The van der Waals surface area contributed by atoms with Crippen molar-refractivity contribution < 1.29 is 24.2 Å². The monoisotopic (exact) mass is 430 g/mol. The predicted octanol–water partition coefficient (Wildman–Crippen LogP) is 0.00800. The highest BCUT2D eigenvalue weighted by Gasteiger charge is 2.13. The number of hydrogen-bond acceptors (Lipinski definition) is 9. The second-order valence-corrected chi connectivity index (χ2v) is 7.04. The number of ketones is 1. The molecule has 2 unspecified atom stereocenters. The molecule has 174 valence electrons. The summed E-state index contributed by atoms with van der Waals surface area (Å²) in [4.78, 5) is 33.9. The van der Waals surface area contributed by atoms with Crippen LogP contribution in [0.4, 0.5) is 4.79 Å². The van der Waals surface area contributed by atoms with Crippen molar-refractivity contribution >= 4 is 17.8 Å². The second kappa shape index (κ2) is 16.4. The maximum atomic E-state index is 11.6. The summed E-state index contributed by atoms with van der Waals surface area (Å²) < 4.78 is 5.00. The maximum Gasteiger partial charge on any atom is 0.407 e. The molecule has 0 aromatic rings. The zero-order valence-electron chi connectivity index (χ0n) is 18.1. The van der Waals surface area contributed by atoms with Gasteiger partial charge >= 0.3 is 12.1 Å². The van der Waals surface area contributed by atoms with Crippen LogP contribution in [0, 0.1) is 0 Å². The second-order valence-electron chi connectivity index (χ2n) is 7.04. The van der Waals surface area contributed by atoms with E-state index in [9.17, 15) is 14.4 Å². The quantitative estimate of drug-likeness (QED) is 0.104. The van der Waals surface area contributed by atoms with Gasteiger partial charge in [0.1, 0.15) is 18.4 Å². The Balaban J connectivity index is 3.89. The van der Waals surface area contributed by atoms with E-state index in [0.29, 0.717) is 50.9 Å². The molecule has 0 saturated carbocycles. The molecule has 0 rings (SSSR count). The van der Waals surface area contributed by atoms with Crippen LogP contribution in [-0.4, -0.2) is 66.8 Å². The maximum absolute atomic E-state index is 11.6. The lowest BCUT2D eigenvalue weighted by Gasteiger charge is -2.16. The SMILES string of the molecule is CCC(=O)C(N)CCCCN(N)/C=C(\N)COC(=O)NCCCCC(NC)C(=O)O. The molecule has 9 N–H and O–H groups in total. The van der Waals surface area contributed by atoms with Crippen molar-refractivity contribution in [3.8, 4) is 0 Å². The lowest BCUT2D eigenvalue weighted by atomic mass is 10.0. The molecule has 30 heavy (non-hydrogen) atoms. The van der Waals surface area contributed by atoms with E-state index in [-0.39, 0.29) is 12.4 Å². The largest absolute Gasteiger partial charge is 0.480 e. The summed E-state index contributed by atoms with van der Waals surface area (Å²) in [6, 6.07) is -1.01. The Hall–Kier alpha value is -2.37. The number of carboxylic acids is 1. The van der Waals surface area contributed by atoms with E-state index in [0.717, 1.165) is 12.8 Å². The fourth-order valence-electron chi connectivity index (χ4n) is 2.65. The lowest BCUT2D eigenvalue weighted by molar-refractivity contribution is -0.139. The van der Waals surface area contributed by atoms with Crippen LogP contribution in [0.15, 0.2) is 11.9 Å². The van der Waals surface area contributed by atoms with Gasteiger partial charge in [-0.25, -0.2) is 10.6 Å². The number of likely N-dealkylation sites (N-methyl/N-ethyl adjacent to an activating group) is 1. The van der Waals surface area contributed by atoms with Crippen LogP contribution in [0.5, 0.6) is 0 Å². The Bertz CT molecular complexity index is 558. The molecule has 0 bridgehead atoms. The molecule has 0 aromatic heterocycles. The molecule has 2 atom stereocenters. The fraction of sp³-hybridized carbons (Fsp3) is 0.737. The standard InChI is InChI=1S/C19H38N6O5/c1-3-17(26)15(21)8-5-7-11-25(22)12-14(20)13-30-19(29)24-10-6-4-9-16(23-2)18(27)28/h12,15-16,23H,3-11,13,20-22H2,1-2H3,(H,24,29)(H,27,28)/b14-12-. The minimum Gasteiger partial charge on any atom is -0.480 e. The highest BCUT2D eigenvalue weighted by Crippen LogP contribution is 2.03. The first kappa shape index (κ1) is 27.6. The summed E-state index contributed by atoms with van der Waals surface area (Å²) in [5.74, 6) is 4.99. The molecule has 0 spiro atoms. The molecule has 0 aliphatic carbocycles. The summed E-state index contributed by atoms with van der Waals surface area (Å²) in [5.41, 5.74) is 11.9. The molecular formula is C19H38N6O5. The van der Waals surface area contributed by atoms with Crippen LogP contribution >= 0.6 is 0 Å². The van der Waals surface area contributed by atoms with Crippen LogP contribution in [-0.2, 0) is 14.3 Å². The number of carbonyl (C=O) groups is 3. The van der Waals surface area contributed by atoms with Crippen molar-refractivity contribution in [3.05, 3.63) is 11.9 Å². The van der Waals surface area contributed by atoms with Gasteiger partial charge in [0, 0.05) is 25.7 Å². The first-order valence-corrected chi connectivity index (χ1v) is 10.3. The van der Waals surface area contributed by atoms with E-state index in [1.165, 1.54) is 11.2 Å². The summed E-state index contributed by atoms with van der Waals surface area (Å²) in [5, 5.41) is 15.6. The lowest BCUT2D eigenvalue weighted by Crippen LogP contribution is -2.34. The summed E-state index contributed by atoms with van der Waals surface area (Å²) in [6.45, 7) is 2.60. The number of hydrogen-bond donors (Lipinski definition) is 6. The average molecular weight is 431 g/mol. The van der Waals surface area contributed by atoms with Gasteiger partial charge in [-0.05, 0) is 45.6 Å². The number of nitrogens with one attached hydrogen (secondary N) is 2. The predicted molar refractivity (Wildman–Crippen MR) is 114 cm³/mol. The van der Waals surface area contributed by atoms with E-state index in [4.69, 9.17) is 27.2 Å². The van der Waals surface area contributed by atoms with Gasteiger partial charge in [0.15, 0.2) is 0 Å². The van der Waals surface area contributed by atoms with Crippen molar-refractivity contribution in [2.24, 2.45) is 17.3 Å². The van der Waals surface area contributed by atoms with Gasteiger partial charge in [-0.1, -0.05) is 6.92 Å². The zero-order chi connectivity index (χ0) is 22.9. The Morgan fingerprint density at radius 1 is 1.17 bits per heavy atom. The third kappa shape index (κ3) is 13.7. The van der Waals surface area contributed by atoms with Gasteiger partial charge < -0.3 is 37.0 Å². The fourth-order valence-corrected chi connectivity index (χ4v) is 2.65. The van der Waals surface area contributed by atoms with E-state index in [1.807, 2.05) is 0 Å². The normalized spacial score (nSPS) is 13.4. The van der Waals surface area contributed by atoms with Gasteiger partial charge in [0.25, 0.3) is 0 Å². The topological polar surface area (TPSA) is 186 Å². The highest BCUT2D eigenvalue weighted by molar-refractivity contribution is 5.83. The highest BCUT2D eigenvalue weighted by atomic mass is 16.5. The number of carbonyl (C=O) groups excluding carboxylic acids is 2. The molecule has 11 heteroatoms. The zero-order valence-corrected chi connectivity index (χ0v) is 18.1. The Kier molecular flexibility index (Phi) is 15.1. The van der Waals surface area contributed by atoms with E-state index >= 15 is 0 Å². The van der Waals surface area contributed by atoms with Crippen molar-refractivity contribution in [1.82, 2.24) is 15.6 Å². The van der Waals surface area contributed by atoms with E-state index in [2.05, 4.69) is 10.6 Å². The average Bonchev–Trinajstić information content (AvgIpc) is 2.71. The number of Topliss-reactive ketones (excluding diaryl/α,β-unsaturated/α-hetero) is 1. The third-order valence-electron chi connectivity index (χ3n) is 4.48. The van der Waals surface area contributed by atoms with Gasteiger partial charge in [0.05, 0.1) is 11.7 Å². The van der Waals surface area contributed by atoms with Crippen LogP contribution < -0.4 is 27.9 Å². The molecule has 0 fully saturated rings. The molecule has 0 aliphatic rings. The number of rotatable bonds is 17. The third-order valence-corrected chi connectivity index (χ3v) is 4.48. The number of aliphatic carboxylic acids is 1. The summed E-state index contributed by atoms with van der Waals surface area (Å²) in [7, 11) is 1.60. The minimum absolute atomic E-state index is 0.0570. The van der Waals surface area contributed by atoms with Crippen LogP contribution in [0.3, 0.4) is 0 Å². The van der Waals surface area contributed by atoms with Gasteiger partial charge in [-0.15, -0.1) is 0 Å². The number of carboxylic acid groups (broad SMARTS) is 1. The number of alkyl carbamates (subject to hydrolysis) is 1. The van der Waals surface area contributed by atoms with Gasteiger partial charge in [-0.3, -0.25) is 9.59 Å². The first-order chi connectivity index (χ1) is 14.2. The van der Waals surface area contributed by atoms with Crippen molar-refractivity contribution in [3.63, 3.8) is 0 Å². The van der Waals surface area contributed by atoms with Crippen molar-refractivity contribution in [1.29, 1.82) is 0 Å². The number of ether oxygens (including phenoxy) is 1. The van der Waals surface area contributed by atoms with E-state index in [1.54, 1.807) is 14.0 Å². The van der Waals surface area contributed by atoms with Gasteiger partial charge in [-0.2, -0.15) is 0 Å². The minimum atomic E-state index is -0.892. The smallest absolute Gasteiger partial charge is 0.407 e.